The van der Waals surface area contributed by atoms with E-state index in [9.17, 15) is 4.79 Å². The van der Waals surface area contributed by atoms with Crippen molar-refractivity contribution in [3.05, 3.63) is 59.6 Å². The minimum atomic E-state index is -0.341. The Morgan fingerprint density at radius 3 is 2.15 bits per heavy atom. The largest absolute Gasteiger partial charge is 0.335 e. The Hall–Kier alpha value is -1.35. The standard InChI is InChI=1S/C17H20BrNO/c1-3-12-19(13-4-2)16(20)17(10-5-11-17)14-6-8-15(18)9-7-14/h3-4,6-9H,1-2,5,10-13H2. The summed E-state index contributed by atoms with van der Waals surface area (Å²) < 4.78 is 1.04. The highest BCUT2D eigenvalue weighted by atomic mass is 79.9. The van der Waals surface area contributed by atoms with Gasteiger partial charge in [-0.2, -0.15) is 0 Å². The normalized spacial score (nSPS) is 16.1. The molecular formula is C17H20BrNO. The van der Waals surface area contributed by atoms with Crippen LogP contribution in [0.1, 0.15) is 24.8 Å². The maximum absolute atomic E-state index is 12.9. The third kappa shape index (κ3) is 2.73. The van der Waals surface area contributed by atoms with Gasteiger partial charge in [0.2, 0.25) is 5.91 Å². The Balaban J connectivity index is 2.29. The quantitative estimate of drug-likeness (QED) is 0.718. The van der Waals surface area contributed by atoms with Crippen LogP contribution in [0.3, 0.4) is 0 Å². The Bertz CT molecular complexity index is 492. The molecule has 0 spiro atoms. The first-order chi connectivity index (χ1) is 9.64. The highest BCUT2D eigenvalue weighted by Gasteiger charge is 2.47. The number of nitrogens with zero attached hydrogens (tertiary/aromatic N) is 1. The van der Waals surface area contributed by atoms with Gasteiger partial charge in [0.1, 0.15) is 0 Å². The van der Waals surface area contributed by atoms with Gasteiger partial charge in [-0.3, -0.25) is 4.79 Å². The van der Waals surface area contributed by atoms with Crippen molar-refractivity contribution in [2.24, 2.45) is 0 Å². The Morgan fingerprint density at radius 1 is 1.20 bits per heavy atom. The van der Waals surface area contributed by atoms with Gasteiger partial charge in [0, 0.05) is 17.6 Å². The lowest BCUT2D eigenvalue weighted by molar-refractivity contribution is -0.139. The first-order valence-corrected chi connectivity index (χ1v) is 7.70. The molecule has 1 aliphatic rings. The second-order valence-electron chi connectivity index (χ2n) is 5.23. The van der Waals surface area contributed by atoms with Crippen LogP contribution in [0, 0.1) is 0 Å². The fourth-order valence-electron chi connectivity index (χ4n) is 2.78. The van der Waals surface area contributed by atoms with Crippen LogP contribution in [0.5, 0.6) is 0 Å². The highest BCUT2D eigenvalue weighted by Crippen LogP contribution is 2.45. The predicted octanol–water partition coefficient (Wildman–Crippen LogP) is 4.07. The number of rotatable bonds is 6. The molecule has 2 nitrogen and oxygen atoms in total. The molecule has 1 aromatic carbocycles. The average Bonchev–Trinajstić information content (AvgIpc) is 2.39. The second kappa shape index (κ2) is 6.40. The van der Waals surface area contributed by atoms with Crippen LogP contribution in [0.4, 0.5) is 0 Å². The molecule has 0 atom stereocenters. The Labute approximate surface area is 129 Å². The third-order valence-electron chi connectivity index (χ3n) is 4.00. The summed E-state index contributed by atoms with van der Waals surface area (Å²) in [6, 6.07) is 8.13. The molecule has 0 radical (unpaired) electrons. The molecule has 0 N–H and O–H groups in total. The van der Waals surface area contributed by atoms with Crippen LogP contribution >= 0.6 is 15.9 Å². The number of hydrogen-bond acceptors (Lipinski definition) is 1. The number of carbonyl (C=O) groups excluding carboxylic acids is 1. The Morgan fingerprint density at radius 2 is 1.75 bits per heavy atom. The van der Waals surface area contributed by atoms with Crippen molar-refractivity contribution in [3.8, 4) is 0 Å². The molecule has 1 amide bonds. The molecule has 1 fully saturated rings. The van der Waals surface area contributed by atoms with E-state index in [4.69, 9.17) is 0 Å². The van der Waals surface area contributed by atoms with E-state index in [2.05, 4.69) is 41.2 Å². The van der Waals surface area contributed by atoms with Crippen molar-refractivity contribution in [1.82, 2.24) is 4.90 Å². The highest BCUT2D eigenvalue weighted by molar-refractivity contribution is 9.10. The molecule has 0 heterocycles. The van der Waals surface area contributed by atoms with Gasteiger partial charge in [-0.25, -0.2) is 0 Å². The molecule has 1 aliphatic carbocycles. The minimum absolute atomic E-state index is 0.200. The molecule has 0 aromatic heterocycles. The average molecular weight is 334 g/mol. The van der Waals surface area contributed by atoms with Crippen LogP contribution in [-0.2, 0) is 10.2 Å². The van der Waals surface area contributed by atoms with E-state index in [0.29, 0.717) is 13.1 Å². The summed E-state index contributed by atoms with van der Waals surface area (Å²) in [5.74, 6) is 0.200. The van der Waals surface area contributed by atoms with E-state index < -0.39 is 0 Å². The van der Waals surface area contributed by atoms with Crippen molar-refractivity contribution in [2.45, 2.75) is 24.7 Å². The lowest BCUT2D eigenvalue weighted by Crippen LogP contribution is -2.51. The van der Waals surface area contributed by atoms with Gasteiger partial charge in [-0.15, -0.1) is 13.2 Å². The van der Waals surface area contributed by atoms with Gasteiger partial charge >= 0.3 is 0 Å². The maximum Gasteiger partial charge on any atom is 0.233 e. The van der Waals surface area contributed by atoms with Gasteiger partial charge in [-0.05, 0) is 30.5 Å². The molecule has 0 unspecified atom stereocenters. The van der Waals surface area contributed by atoms with Crippen LogP contribution < -0.4 is 0 Å². The molecule has 0 saturated heterocycles. The molecule has 1 saturated carbocycles. The predicted molar refractivity (Wildman–Crippen MR) is 86.6 cm³/mol. The van der Waals surface area contributed by atoms with Crippen LogP contribution in [0.15, 0.2) is 54.0 Å². The lowest BCUT2D eigenvalue weighted by atomic mass is 9.63. The van der Waals surface area contributed by atoms with Crippen LogP contribution in [-0.4, -0.2) is 23.9 Å². The summed E-state index contributed by atoms with van der Waals surface area (Å²) in [7, 11) is 0. The van der Waals surface area contributed by atoms with Crippen molar-refractivity contribution in [3.63, 3.8) is 0 Å². The smallest absolute Gasteiger partial charge is 0.233 e. The SMILES string of the molecule is C=CCN(CC=C)C(=O)C1(c2ccc(Br)cc2)CCC1. The molecular weight excluding hydrogens is 314 g/mol. The number of amides is 1. The summed E-state index contributed by atoms with van der Waals surface area (Å²) in [5.41, 5.74) is 0.780. The number of hydrogen-bond donors (Lipinski definition) is 0. The van der Waals surface area contributed by atoms with Crippen molar-refractivity contribution in [1.29, 1.82) is 0 Å². The topological polar surface area (TPSA) is 20.3 Å². The molecule has 1 aromatic rings. The zero-order valence-electron chi connectivity index (χ0n) is 11.6. The summed E-state index contributed by atoms with van der Waals surface area (Å²) >= 11 is 3.45. The summed E-state index contributed by atoms with van der Waals surface area (Å²) in [6.45, 7) is 8.63. The molecule has 0 bridgehead atoms. The van der Waals surface area contributed by atoms with Gasteiger partial charge in [0.25, 0.3) is 0 Å². The summed E-state index contributed by atoms with van der Waals surface area (Å²) in [6.07, 6.45) is 6.51. The summed E-state index contributed by atoms with van der Waals surface area (Å²) in [5, 5.41) is 0. The fourth-order valence-corrected chi connectivity index (χ4v) is 3.04. The van der Waals surface area contributed by atoms with Gasteiger partial charge < -0.3 is 4.90 Å². The van der Waals surface area contributed by atoms with E-state index in [0.717, 1.165) is 29.3 Å². The molecule has 20 heavy (non-hydrogen) atoms. The minimum Gasteiger partial charge on any atom is -0.335 e. The third-order valence-corrected chi connectivity index (χ3v) is 4.53. The second-order valence-corrected chi connectivity index (χ2v) is 6.15. The zero-order valence-corrected chi connectivity index (χ0v) is 13.2. The molecule has 106 valence electrons. The zero-order chi connectivity index (χ0) is 14.6. The number of carbonyl (C=O) groups is 1. The van der Waals surface area contributed by atoms with Crippen molar-refractivity contribution < 1.29 is 4.79 Å². The van der Waals surface area contributed by atoms with E-state index >= 15 is 0 Å². The van der Waals surface area contributed by atoms with Crippen molar-refractivity contribution >= 4 is 21.8 Å². The van der Waals surface area contributed by atoms with E-state index in [1.807, 2.05) is 17.0 Å². The van der Waals surface area contributed by atoms with Gasteiger partial charge in [-0.1, -0.05) is 46.6 Å². The lowest BCUT2D eigenvalue weighted by Gasteiger charge is -2.43. The van der Waals surface area contributed by atoms with Crippen molar-refractivity contribution in [2.75, 3.05) is 13.1 Å². The number of halogens is 1. The fraction of sp³-hybridized carbons (Fsp3) is 0.353. The van der Waals surface area contributed by atoms with Gasteiger partial charge in [0.05, 0.1) is 5.41 Å². The van der Waals surface area contributed by atoms with Gasteiger partial charge in [0.15, 0.2) is 0 Å². The monoisotopic (exact) mass is 333 g/mol. The molecule has 3 heteroatoms. The first kappa shape index (κ1) is 15.0. The maximum atomic E-state index is 12.9. The van der Waals surface area contributed by atoms with E-state index in [1.54, 1.807) is 12.2 Å². The molecule has 0 aliphatic heterocycles. The Kier molecular flexibility index (Phi) is 4.81. The van der Waals surface area contributed by atoms with E-state index in [-0.39, 0.29) is 11.3 Å². The number of benzene rings is 1. The molecule has 2 rings (SSSR count). The first-order valence-electron chi connectivity index (χ1n) is 6.91. The summed E-state index contributed by atoms with van der Waals surface area (Å²) in [4.78, 5) is 14.8. The van der Waals surface area contributed by atoms with Crippen LogP contribution in [0.2, 0.25) is 0 Å². The van der Waals surface area contributed by atoms with Crippen LogP contribution in [0.25, 0.3) is 0 Å². The van der Waals surface area contributed by atoms with E-state index in [1.165, 1.54) is 0 Å².